The lowest BCUT2D eigenvalue weighted by Gasteiger charge is -2.37. The average molecular weight is 308 g/mol. The Morgan fingerprint density at radius 1 is 1.04 bits per heavy atom. The average Bonchev–Trinajstić information content (AvgIpc) is 2.97. The summed E-state index contributed by atoms with van der Waals surface area (Å²) in [5, 5.41) is 0. The van der Waals surface area contributed by atoms with Crippen molar-refractivity contribution in [1.82, 2.24) is 4.98 Å². The molecule has 0 atom stereocenters. The second-order valence-electron chi connectivity index (χ2n) is 5.95. The lowest BCUT2D eigenvalue weighted by Crippen LogP contribution is -2.52. The van der Waals surface area contributed by atoms with Crippen LogP contribution in [0.5, 0.6) is 0 Å². The van der Waals surface area contributed by atoms with Crippen molar-refractivity contribution in [2.45, 2.75) is 18.9 Å². The molecule has 4 nitrogen and oxygen atoms in total. The van der Waals surface area contributed by atoms with Gasteiger partial charge in [0.2, 0.25) is 0 Å². The summed E-state index contributed by atoms with van der Waals surface area (Å²) in [5.41, 5.74) is 3.13. The molecule has 1 fully saturated rings. The van der Waals surface area contributed by atoms with Crippen LogP contribution >= 0.6 is 0 Å². The summed E-state index contributed by atoms with van der Waals surface area (Å²) in [7, 11) is 0. The third-order valence-corrected chi connectivity index (χ3v) is 4.21. The maximum Gasteiger partial charge on any atom is 0.298 e. The third-order valence-electron chi connectivity index (χ3n) is 4.21. The van der Waals surface area contributed by atoms with Gasteiger partial charge in [0.05, 0.1) is 19.2 Å². The molecule has 0 saturated carbocycles. The van der Waals surface area contributed by atoms with E-state index in [1.165, 1.54) is 5.56 Å². The van der Waals surface area contributed by atoms with Gasteiger partial charge in [0.15, 0.2) is 5.58 Å². The molecule has 3 aromatic rings. The summed E-state index contributed by atoms with van der Waals surface area (Å²) in [6.45, 7) is 2.53. The lowest BCUT2D eigenvalue weighted by atomic mass is 10.1. The van der Waals surface area contributed by atoms with E-state index in [9.17, 15) is 0 Å². The van der Waals surface area contributed by atoms with Gasteiger partial charge < -0.3 is 14.1 Å². The largest absolute Gasteiger partial charge is 0.423 e. The Morgan fingerprint density at radius 2 is 1.83 bits per heavy atom. The Kier molecular flexibility index (Phi) is 3.99. The first kappa shape index (κ1) is 14.3. The standard InChI is InChI=1S/C19H20N2O2/c1-2-7-15(8-3-1)9-6-12-22-16-13-21(14-16)19-20-17-10-4-5-11-18(17)23-19/h1-5,7-8,10-11,16H,6,9,12-14H2. The Bertz CT molecular complexity index is 730. The Hall–Kier alpha value is -2.33. The van der Waals surface area contributed by atoms with Crippen LogP contribution in [0.3, 0.4) is 0 Å². The molecule has 1 aromatic heterocycles. The van der Waals surface area contributed by atoms with Gasteiger partial charge in [-0.25, -0.2) is 0 Å². The molecule has 0 amide bonds. The summed E-state index contributed by atoms with van der Waals surface area (Å²) in [6.07, 6.45) is 2.42. The van der Waals surface area contributed by atoms with Crippen LogP contribution in [-0.4, -0.2) is 30.8 Å². The summed E-state index contributed by atoms with van der Waals surface area (Å²) >= 11 is 0. The number of aromatic nitrogens is 1. The van der Waals surface area contributed by atoms with Crippen LogP contribution in [0.25, 0.3) is 11.1 Å². The zero-order valence-electron chi connectivity index (χ0n) is 13.0. The maximum absolute atomic E-state index is 5.91. The van der Waals surface area contributed by atoms with Crippen LogP contribution in [-0.2, 0) is 11.2 Å². The monoisotopic (exact) mass is 308 g/mol. The summed E-state index contributed by atoms with van der Waals surface area (Å²) in [4.78, 5) is 6.64. The van der Waals surface area contributed by atoms with Gasteiger partial charge in [0, 0.05) is 6.61 Å². The highest BCUT2D eigenvalue weighted by Crippen LogP contribution is 2.26. The van der Waals surface area contributed by atoms with Gasteiger partial charge in [0.1, 0.15) is 5.52 Å². The number of para-hydroxylation sites is 2. The van der Waals surface area contributed by atoms with Gasteiger partial charge in [0.25, 0.3) is 6.01 Å². The zero-order chi connectivity index (χ0) is 15.5. The van der Waals surface area contributed by atoms with E-state index < -0.39 is 0 Å². The molecule has 23 heavy (non-hydrogen) atoms. The molecule has 118 valence electrons. The van der Waals surface area contributed by atoms with Crippen LogP contribution in [0.4, 0.5) is 6.01 Å². The number of ether oxygens (including phenoxy) is 1. The Balaban J connectivity index is 1.21. The number of hydrogen-bond donors (Lipinski definition) is 0. The van der Waals surface area contributed by atoms with Gasteiger partial charge >= 0.3 is 0 Å². The van der Waals surface area contributed by atoms with Crippen molar-refractivity contribution < 1.29 is 9.15 Å². The third kappa shape index (κ3) is 3.22. The fraction of sp³-hybridized carbons (Fsp3) is 0.316. The van der Waals surface area contributed by atoms with Crippen molar-refractivity contribution in [1.29, 1.82) is 0 Å². The van der Waals surface area contributed by atoms with E-state index in [2.05, 4.69) is 40.2 Å². The molecule has 4 rings (SSSR count). The SMILES string of the molecule is c1ccc(CCCOC2CN(c3nc4ccccc4o3)C2)cc1. The van der Waals surface area contributed by atoms with E-state index in [0.29, 0.717) is 12.1 Å². The second-order valence-corrected chi connectivity index (χ2v) is 5.95. The molecule has 2 aromatic carbocycles. The minimum Gasteiger partial charge on any atom is -0.423 e. The fourth-order valence-electron chi connectivity index (χ4n) is 2.87. The van der Waals surface area contributed by atoms with E-state index in [1.54, 1.807) is 0 Å². The van der Waals surface area contributed by atoms with Crippen LogP contribution in [0.15, 0.2) is 59.0 Å². The maximum atomic E-state index is 5.91. The molecule has 0 bridgehead atoms. The Morgan fingerprint density at radius 3 is 2.65 bits per heavy atom. The predicted molar refractivity (Wildman–Crippen MR) is 90.7 cm³/mol. The fourth-order valence-corrected chi connectivity index (χ4v) is 2.87. The molecular weight excluding hydrogens is 288 g/mol. The summed E-state index contributed by atoms with van der Waals surface area (Å²) < 4.78 is 11.7. The first-order valence-corrected chi connectivity index (χ1v) is 8.14. The van der Waals surface area contributed by atoms with Gasteiger partial charge in [-0.1, -0.05) is 42.5 Å². The first-order chi connectivity index (χ1) is 11.4. The number of aryl methyl sites for hydroxylation is 1. The highest BCUT2D eigenvalue weighted by atomic mass is 16.5. The van der Waals surface area contributed by atoms with Gasteiger partial charge in [-0.3, -0.25) is 0 Å². The molecule has 0 radical (unpaired) electrons. The number of hydrogen-bond acceptors (Lipinski definition) is 4. The van der Waals surface area contributed by atoms with E-state index >= 15 is 0 Å². The number of oxazole rings is 1. The van der Waals surface area contributed by atoms with Crippen molar-refractivity contribution in [3.05, 3.63) is 60.2 Å². The van der Waals surface area contributed by atoms with Crippen molar-refractivity contribution in [3.8, 4) is 0 Å². The number of nitrogens with zero attached hydrogens (tertiary/aromatic N) is 2. The quantitative estimate of drug-likeness (QED) is 0.651. The first-order valence-electron chi connectivity index (χ1n) is 8.14. The molecule has 0 spiro atoms. The van der Waals surface area contributed by atoms with Crippen molar-refractivity contribution in [3.63, 3.8) is 0 Å². The second kappa shape index (κ2) is 6.42. The molecule has 0 unspecified atom stereocenters. The normalized spacial score (nSPS) is 15.0. The Labute approximate surface area is 135 Å². The number of anilines is 1. The minimum atomic E-state index is 0.292. The molecular formula is C19H20N2O2. The van der Waals surface area contributed by atoms with E-state index in [0.717, 1.165) is 43.6 Å². The van der Waals surface area contributed by atoms with Gasteiger partial charge in [-0.2, -0.15) is 4.98 Å². The zero-order valence-corrected chi connectivity index (χ0v) is 13.0. The van der Waals surface area contributed by atoms with Crippen LogP contribution in [0.2, 0.25) is 0 Å². The van der Waals surface area contributed by atoms with Crippen molar-refractivity contribution in [2.24, 2.45) is 0 Å². The highest BCUT2D eigenvalue weighted by Gasteiger charge is 2.30. The lowest BCUT2D eigenvalue weighted by molar-refractivity contribution is 0.0311. The number of rotatable bonds is 6. The van der Waals surface area contributed by atoms with Crippen molar-refractivity contribution in [2.75, 3.05) is 24.6 Å². The summed E-state index contributed by atoms with van der Waals surface area (Å²) in [6, 6.07) is 19.1. The molecule has 1 saturated heterocycles. The van der Waals surface area contributed by atoms with Crippen LogP contribution < -0.4 is 4.90 Å². The van der Waals surface area contributed by atoms with E-state index in [-0.39, 0.29) is 0 Å². The predicted octanol–water partition coefficient (Wildman–Crippen LogP) is 3.67. The molecule has 1 aliphatic heterocycles. The summed E-state index contributed by atoms with van der Waals surface area (Å²) in [5.74, 6) is 0. The van der Waals surface area contributed by atoms with Crippen LogP contribution in [0.1, 0.15) is 12.0 Å². The molecule has 2 heterocycles. The smallest absolute Gasteiger partial charge is 0.298 e. The van der Waals surface area contributed by atoms with Gasteiger partial charge in [-0.05, 0) is 30.5 Å². The minimum absolute atomic E-state index is 0.292. The molecule has 4 heteroatoms. The van der Waals surface area contributed by atoms with Crippen molar-refractivity contribution >= 4 is 17.1 Å². The molecule has 0 aliphatic carbocycles. The van der Waals surface area contributed by atoms with E-state index in [4.69, 9.17) is 9.15 Å². The number of benzene rings is 2. The highest BCUT2D eigenvalue weighted by molar-refractivity contribution is 5.74. The molecule has 0 N–H and O–H groups in total. The van der Waals surface area contributed by atoms with Crippen LogP contribution in [0, 0.1) is 0 Å². The topological polar surface area (TPSA) is 38.5 Å². The molecule has 1 aliphatic rings. The van der Waals surface area contributed by atoms with E-state index in [1.807, 2.05) is 24.3 Å². The number of fused-ring (bicyclic) bond motifs is 1. The van der Waals surface area contributed by atoms with Gasteiger partial charge in [-0.15, -0.1) is 0 Å².